The Morgan fingerprint density at radius 1 is 1.37 bits per heavy atom. The molecule has 3 N–H and O–H groups in total. The van der Waals surface area contributed by atoms with Crippen LogP contribution in [0.2, 0.25) is 0 Å². The number of carboxylic acid groups (broad SMARTS) is 1. The Morgan fingerprint density at radius 3 is 2.68 bits per heavy atom. The van der Waals surface area contributed by atoms with Crippen molar-refractivity contribution >= 4 is 17.5 Å². The maximum Gasteiger partial charge on any atom is 0.404 e. The van der Waals surface area contributed by atoms with Crippen LogP contribution < -0.4 is 10.6 Å². The number of hydrogen-bond donors (Lipinski definition) is 3. The second kappa shape index (κ2) is 7.14. The van der Waals surface area contributed by atoms with E-state index in [1.54, 1.807) is 0 Å². The number of nitrogens with one attached hydrogen (secondary N) is 2. The summed E-state index contributed by atoms with van der Waals surface area (Å²) < 4.78 is 12.9. The predicted molar refractivity (Wildman–Crippen MR) is 66.8 cm³/mol. The minimum Gasteiger partial charge on any atom is -0.465 e. The standard InChI is InChI=1S/C11H14FN3O4/c12-8-3-4-9(10(7-8)15(18)19)13-5-1-2-6-14-11(16)17/h3-4,7,13-14H,1-2,5-6H2,(H,16,17). The lowest BCUT2D eigenvalue weighted by Crippen LogP contribution is -2.22. The lowest BCUT2D eigenvalue weighted by molar-refractivity contribution is -0.384. The number of carbonyl (C=O) groups is 1. The first-order chi connectivity index (χ1) is 9.00. The van der Waals surface area contributed by atoms with Gasteiger partial charge >= 0.3 is 6.09 Å². The molecule has 0 spiro atoms. The molecule has 0 unspecified atom stereocenters. The molecule has 1 aromatic rings. The molecule has 1 aromatic carbocycles. The molecule has 1 amide bonds. The smallest absolute Gasteiger partial charge is 0.404 e. The molecule has 0 aliphatic rings. The normalized spacial score (nSPS) is 9.95. The zero-order chi connectivity index (χ0) is 14.3. The molecule has 104 valence electrons. The highest BCUT2D eigenvalue weighted by molar-refractivity contribution is 5.64. The lowest BCUT2D eigenvalue weighted by atomic mass is 10.2. The van der Waals surface area contributed by atoms with Crippen molar-refractivity contribution in [2.24, 2.45) is 0 Å². The first-order valence-electron chi connectivity index (χ1n) is 5.65. The highest BCUT2D eigenvalue weighted by Crippen LogP contribution is 2.24. The van der Waals surface area contributed by atoms with Gasteiger partial charge in [0.05, 0.1) is 11.0 Å². The minimum absolute atomic E-state index is 0.248. The van der Waals surface area contributed by atoms with E-state index < -0.39 is 16.8 Å². The number of rotatable bonds is 7. The summed E-state index contributed by atoms with van der Waals surface area (Å²) in [5.41, 5.74) is -0.0683. The first kappa shape index (κ1) is 14.7. The summed E-state index contributed by atoms with van der Waals surface area (Å²) in [7, 11) is 0. The van der Waals surface area contributed by atoms with Gasteiger partial charge in [0, 0.05) is 13.1 Å². The third-order valence-corrected chi connectivity index (χ3v) is 2.35. The highest BCUT2D eigenvalue weighted by Gasteiger charge is 2.14. The quantitative estimate of drug-likeness (QED) is 0.400. The van der Waals surface area contributed by atoms with Crippen LogP contribution in [0.1, 0.15) is 12.8 Å². The third-order valence-electron chi connectivity index (χ3n) is 2.35. The Morgan fingerprint density at radius 2 is 2.05 bits per heavy atom. The van der Waals surface area contributed by atoms with Crippen molar-refractivity contribution in [1.29, 1.82) is 0 Å². The van der Waals surface area contributed by atoms with Crippen LogP contribution in [0, 0.1) is 15.9 Å². The molecule has 7 nitrogen and oxygen atoms in total. The van der Waals surface area contributed by atoms with Crippen molar-refractivity contribution < 1.29 is 19.2 Å². The molecule has 19 heavy (non-hydrogen) atoms. The molecule has 0 radical (unpaired) electrons. The molecular weight excluding hydrogens is 257 g/mol. The monoisotopic (exact) mass is 271 g/mol. The Hall–Kier alpha value is -2.38. The number of nitro groups is 1. The molecule has 8 heteroatoms. The maximum absolute atomic E-state index is 12.9. The largest absolute Gasteiger partial charge is 0.465 e. The average molecular weight is 271 g/mol. The van der Waals surface area contributed by atoms with Crippen LogP contribution in [0.25, 0.3) is 0 Å². The van der Waals surface area contributed by atoms with Gasteiger partial charge in [-0.25, -0.2) is 9.18 Å². The molecule has 0 saturated heterocycles. The fourth-order valence-electron chi connectivity index (χ4n) is 1.47. The molecule has 0 aromatic heterocycles. The summed E-state index contributed by atoms with van der Waals surface area (Å²) in [6.45, 7) is 0.760. The van der Waals surface area contributed by atoms with Crippen LogP contribution in [0.15, 0.2) is 18.2 Å². The number of amides is 1. The van der Waals surface area contributed by atoms with Crippen molar-refractivity contribution in [3.63, 3.8) is 0 Å². The van der Waals surface area contributed by atoms with E-state index in [-0.39, 0.29) is 11.4 Å². The molecule has 0 heterocycles. The summed E-state index contributed by atoms with van der Waals surface area (Å²) in [4.78, 5) is 20.2. The lowest BCUT2D eigenvalue weighted by Gasteiger charge is -2.07. The van der Waals surface area contributed by atoms with E-state index in [9.17, 15) is 19.3 Å². The van der Waals surface area contributed by atoms with E-state index in [0.29, 0.717) is 25.9 Å². The van der Waals surface area contributed by atoms with Gasteiger partial charge in [0.25, 0.3) is 5.69 Å². The highest BCUT2D eigenvalue weighted by atomic mass is 19.1. The summed E-state index contributed by atoms with van der Waals surface area (Å²) in [6.07, 6.45) is 0.158. The van der Waals surface area contributed by atoms with E-state index in [0.717, 1.165) is 12.1 Å². The first-order valence-corrected chi connectivity index (χ1v) is 5.65. The van der Waals surface area contributed by atoms with E-state index in [1.807, 2.05) is 0 Å². The number of halogens is 1. The Labute approximate surface area is 108 Å². The molecule has 0 bridgehead atoms. The van der Waals surface area contributed by atoms with Crippen molar-refractivity contribution in [3.05, 3.63) is 34.1 Å². The zero-order valence-corrected chi connectivity index (χ0v) is 10.1. The van der Waals surface area contributed by atoms with Crippen molar-refractivity contribution in [2.75, 3.05) is 18.4 Å². The number of anilines is 1. The molecule has 0 aliphatic heterocycles. The SMILES string of the molecule is O=C(O)NCCCCNc1ccc(F)cc1[N+](=O)[O-]. The van der Waals surface area contributed by atoms with Crippen LogP contribution >= 0.6 is 0 Å². The van der Waals surface area contributed by atoms with Crippen molar-refractivity contribution in [1.82, 2.24) is 5.32 Å². The number of benzene rings is 1. The molecule has 0 atom stereocenters. The second-order valence-corrected chi connectivity index (χ2v) is 3.78. The van der Waals surface area contributed by atoms with Gasteiger partial charge in [0.1, 0.15) is 11.5 Å². The van der Waals surface area contributed by atoms with Gasteiger partial charge in [-0.15, -0.1) is 0 Å². The van der Waals surface area contributed by atoms with Gasteiger partial charge < -0.3 is 15.7 Å². The van der Waals surface area contributed by atoms with Gasteiger partial charge in [-0.3, -0.25) is 10.1 Å². The van der Waals surface area contributed by atoms with E-state index >= 15 is 0 Å². The van der Waals surface area contributed by atoms with Gasteiger partial charge in [-0.05, 0) is 25.0 Å². The van der Waals surface area contributed by atoms with Crippen molar-refractivity contribution in [2.45, 2.75) is 12.8 Å². The number of nitro benzene ring substituents is 1. The molecule has 0 aliphatic carbocycles. The average Bonchev–Trinajstić information content (AvgIpc) is 2.34. The van der Waals surface area contributed by atoms with Crippen LogP contribution in [-0.2, 0) is 0 Å². The summed E-state index contributed by atoms with van der Waals surface area (Å²) in [5.74, 6) is -0.664. The van der Waals surface area contributed by atoms with Crippen molar-refractivity contribution in [3.8, 4) is 0 Å². The fraction of sp³-hybridized carbons (Fsp3) is 0.364. The summed E-state index contributed by atoms with van der Waals surface area (Å²) >= 11 is 0. The molecule has 1 rings (SSSR count). The molecule has 0 saturated carbocycles. The van der Waals surface area contributed by atoms with Crippen LogP contribution in [-0.4, -0.2) is 29.2 Å². The number of unbranched alkanes of at least 4 members (excludes halogenated alkanes) is 1. The number of nitrogens with zero attached hydrogens (tertiary/aromatic N) is 1. The fourth-order valence-corrected chi connectivity index (χ4v) is 1.47. The van der Waals surface area contributed by atoms with Crippen LogP contribution in [0.4, 0.5) is 20.6 Å². The Balaban J connectivity index is 2.41. The predicted octanol–water partition coefficient (Wildman–Crippen LogP) is 2.19. The van der Waals surface area contributed by atoms with E-state index in [4.69, 9.17) is 5.11 Å². The van der Waals surface area contributed by atoms with E-state index in [2.05, 4.69) is 10.6 Å². The molecular formula is C11H14FN3O4. The number of hydrogen-bond acceptors (Lipinski definition) is 4. The van der Waals surface area contributed by atoms with Crippen LogP contribution in [0.3, 0.4) is 0 Å². The minimum atomic E-state index is -1.08. The van der Waals surface area contributed by atoms with Gasteiger partial charge in [0.15, 0.2) is 0 Å². The Bertz CT molecular complexity index is 467. The summed E-state index contributed by atoms with van der Waals surface area (Å²) in [6, 6.07) is 3.30. The molecule has 0 fully saturated rings. The third kappa shape index (κ3) is 5.19. The van der Waals surface area contributed by atoms with Gasteiger partial charge in [0.2, 0.25) is 0 Å². The van der Waals surface area contributed by atoms with Crippen LogP contribution in [0.5, 0.6) is 0 Å². The van der Waals surface area contributed by atoms with E-state index in [1.165, 1.54) is 6.07 Å². The van der Waals surface area contributed by atoms with Gasteiger partial charge in [-0.1, -0.05) is 0 Å². The van der Waals surface area contributed by atoms with Gasteiger partial charge in [-0.2, -0.15) is 0 Å². The Kier molecular flexibility index (Phi) is 5.52. The second-order valence-electron chi connectivity index (χ2n) is 3.78. The summed E-state index contributed by atoms with van der Waals surface area (Å²) in [5, 5.41) is 24.1. The maximum atomic E-state index is 12.9. The zero-order valence-electron chi connectivity index (χ0n) is 10.1. The topological polar surface area (TPSA) is 104 Å².